The average Bonchev–Trinajstić information content (AvgIpc) is 3.12. The molecule has 25 heavy (non-hydrogen) atoms. The molecule has 5 rings (SSSR count). The Bertz CT molecular complexity index is 950. The van der Waals surface area contributed by atoms with Gasteiger partial charge in [0.2, 0.25) is 0 Å². The van der Waals surface area contributed by atoms with Crippen LogP contribution in [0.1, 0.15) is 30.7 Å². The van der Waals surface area contributed by atoms with E-state index in [1.165, 1.54) is 24.1 Å². The summed E-state index contributed by atoms with van der Waals surface area (Å²) in [7, 11) is 0. The summed E-state index contributed by atoms with van der Waals surface area (Å²) in [5.41, 5.74) is 3.88. The number of aromatic amines is 1. The number of hydrogen-bond acceptors (Lipinski definition) is 3. The van der Waals surface area contributed by atoms with Crippen LogP contribution in [0.3, 0.4) is 0 Å². The van der Waals surface area contributed by atoms with Crippen LogP contribution in [0, 0.1) is 11.3 Å². The molecule has 0 amide bonds. The van der Waals surface area contributed by atoms with Crippen LogP contribution in [0.15, 0.2) is 48.5 Å². The van der Waals surface area contributed by atoms with Crippen LogP contribution in [0.25, 0.3) is 11.0 Å². The fourth-order valence-electron chi connectivity index (χ4n) is 4.66. The van der Waals surface area contributed by atoms with Crippen LogP contribution in [0.5, 0.6) is 0 Å². The minimum absolute atomic E-state index is 0.182. The van der Waals surface area contributed by atoms with Gasteiger partial charge in [-0.05, 0) is 43.0 Å². The highest BCUT2D eigenvalue weighted by Gasteiger charge is 2.50. The van der Waals surface area contributed by atoms with Crippen LogP contribution in [0.2, 0.25) is 0 Å². The highest BCUT2D eigenvalue weighted by atomic mass is 15.2. The van der Waals surface area contributed by atoms with E-state index >= 15 is 0 Å². The lowest BCUT2D eigenvalue weighted by Gasteiger charge is -2.49. The van der Waals surface area contributed by atoms with Gasteiger partial charge in [-0.15, -0.1) is 0 Å². The van der Waals surface area contributed by atoms with Crippen molar-refractivity contribution in [3.63, 3.8) is 0 Å². The Morgan fingerprint density at radius 3 is 2.84 bits per heavy atom. The third kappa shape index (κ3) is 2.02. The number of hydrogen-bond donors (Lipinski definition) is 1. The van der Waals surface area contributed by atoms with Crippen molar-refractivity contribution in [2.24, 2.45) is 0 Å². The number of nitrogens with zero attached hydrogens (tertiary/aromatic N) is 3. The van der Waals surface area contributed by atoms with Crippen LogP contribution >= 0.6 is 0 Å². The second-order valence-electron chi connectivity index (χ2n) is 7.20. The van der Waals surface area contributed by atoms with Crippen LogP contribution in [0.4, 0.5) is 5.69 Å². The first-order chi connectivity index (χ1) is 12.3. The summed E-state index contributed by atoms with van der Waals surface area (Å²) >= 11 is 0. The zero-order valence-electron chi connectivity index (χ0n) is 14.1. The van der Waals surface area contributed by atoms with Crippen molar-refractivity contribution >= 4 is 16.7 Å². The van der Waals surface area contributed by atoms with E-state index in [4.69, 9.17) is 4.98 Å². The second kappa shape index (κ2) is 5.35. The second-order valence-corrected chi connectivity index (χ2v) is 7.20. The first-order valence-corrected chi connectivity index (χ1v) is 9.03. The average molecular weight is 328 g/mol. The Labute approximate surface area is 147 Å². The van der Waals surface area contributed by atoms with Crippen molar-refractivity contribution < 1.29 is 0 Å². The Morgan fingerprint density at radius 1 is 1.12 bits per heavy atom. The molecule has 4 nitrogen and oxygen atoms in total. The van der Waals surface area contributed by atoms with E-state index in [1.54, 1.807) is 0 Å². The van der Waals surface area contributed by atoms with E-state index in [0.717, 1.165) is 36.2 Å². The molecule has 1 saturated heterocycles. The molecule has 0 spiro atoms. The fraction of sp³-hybridized carbons (Fsp3) is 0.333. The lowest BCUT2D eigenvalue weighted by atomic mass is 9.69. The van der Waals surface area contributed by atoms with E-state index in [1.807, 2.05) is 24.3 Å². The number of piperidine rings is 1. The largest absolute Gasteiger partial charge is 0.366 e. The van der Waals surface area contributed by atoms with Gasteiger partial charge in [-0.3, -0.25) is 0 Å². The summed E-state index contributed by atoms with van der Waals surface area (Å²) < 4.78 is 0. The van der Waals surface area contributed by atoms with Crippen molar-refractivity contribution in [2.45, 2.75) is 37.1 Å². The summed E-state index contributed by atoms with van der Waals surface area (Å²) in [5.74, 6) is 0.822. The molecule has 3 aromatic rings. The SMILES string of the molecule is N#C[C@@]1(c2nc3ccccc3[nH]2)Cc2ccccc2N2CCCC[C@H]21. The Hall–Kier alpha value is -2.80. The summed E-state index contributed by atoms with van der Waals surface area (Å²) in [6.45, 7) is 1.02. The minimum Gasteiger partial charge on any atom is -0.366 e. The number of aromatic nitrogens is 2. The third-order valence-corrected chi connectivity index (χ3v) is 5.85. The van der Waals surface area contributed by atoms with Gasteiger partial charge in [0.15, 0.2) is 0 Å². The number of rotatable bonds is 1. The van der Waals surface area contributed by atoms with Gasteiger partial charge in [0.25, 0.3) is 0 Å². The number of fused-ring (bicyclic) bond motifs is 4. The molecule has 0 saturated carbocycles. The van der Waals surface area contributed by atoms with Gasteiger partial charge in [-0.1, -0.05) is 30.3 Å². The predicted octanol–water partition coefficient (Wildman–Crippen LogP) is 3.94. The van der Waals surface area contributed by atoms with Crippen LogP contribution < -0.4 is 4.90 Å². The maximum Gasteiger partial charge on any atom is 0.139 e. The van der Waals surface area contributed by atoms with Gasteiger partial charge >= 0.3 is 0 Å². The molecule has 0 aliphatic carbocycles. The van der Waals surface area contributed by atoms with E-state index in [0.29, 0.717) is 0 Å². The van der Waals surface area contributed by atoms with Crippen molar-refractivity contribution in [3.05, 3.63) is 59.9 Å². The summed E-state index contributed by atoms with van der Waals surface area (Å²) in [6, 6.07) is 19.5. The van der Waals surface area contributed by atoms with Gasteiger partial charge in [-0.25, -0.2) is 4.98 Å². The number of benzene rings is 2. The normalized spacial score (nSPS) is 25.2. The molecule has 3 heterocycles. The summed E-state index contributed by atoms with van der Waals surface area (Å²) in [4.78, 5) is 10.8. The minimum atomic E-state index is -0.617. The van der Waals surface area contributed by atoms with E-state index in [2.05, 4.69) is 40.2 Å². The van der Waals surface area contributed by atoms with Gasteiger partial charge in [-0.2, -0.15) is 5.26 Å². The summed E-state index contributed by atoms with van der Waals surface area (Å²) in [5, 5.41) is 10.3. The molecule has 124 valence electrons. The molecule has 0 radical (unpaired) electrons. The standard InChI is InChI=1S/C21H20N4/c22-14-21(20-23-16-8-2-3-9-17(16)24-20)13-15-7-1-4-10-18(15)25-12-6-5-11-19(21)25/h1-4,7-10,19H,5-6,11-13H2,(H,23,24)/t19-,21-/m0/s1. The van der Waals surface area contributed by atoms with Crippen molar-refractivity contribution in [3.8, 4) is 6.07 Å². The van der Waals surface area contributed by atoms with Crippen LogP contribution in [-0.4, -0.2) is 22.6 Å². The lowest BCUT2D eigenvalue weighted by Crippen LogP contribution is -2.57. The van der Waals surface area contributed by atoms with E-state index in [9.17, 15) is 5.26 Å². The molecular formula is C21H20N4. The van der Waals surface area contributed by atoms with Crippen molar-refractivity contribution in [1.82, 2.24) is 9.97 Å². The number of H-pyrrole nitrogens is 1. The van der Waals surface area contributed by atoms with Gasteiger partial charge < -0.3 is 9.88 Å². The van der Waals surface area contributed by atoms with Gasteiger partial charge in [0.1, 0.15) is 11.2 Å². The van der Waals surface area contributed by atoms with Crippen molar-refractivity contribution in [1.29, 1.82) is 5.26 Å². The molecule has 1 aromatic heterocycles. The summed E-state index contributed by atoms with van der Waals surface area (Å²) in [6.07, 6.45) is 4.12. The molecule has 0 bridgehead atoms. The first-order valence-electron chi connectivity index (χ1n) is 9.03. The molecule has 4 heteroatoms. The monoisotopic (exact) mass is 328 g/mol. The number of para-hydroxylation sites is 3. The fourth-order valence-corrected chi connectivity index (χ4v) is 4.66. The topological polar surface area (TPSA) is 55.7 Å². The maximum atomic E-state index is 10.3. The highest BCUT2D eigenvalue weighted by molar-refractivity contribution is 5.75. The smallest absolute Gasteiger partial charge is 0.139 e. The Kier molecular flexibility index (Phi) is 3.11. The van der Waals surface area contributed by atoms with Gasteiger partial charge in [0.05, 0.1) is 23.1 Å². The third-order valence-electron chi connectivity index (χ3n) is 5.85. The van der Waals surface area contributed by atoms with E-state index < -0.39 is 5.41 Å². The predicted molar refractivity (Wildman–Crippen MR) is 98.5 cm³/mol. The molecule has 1 fully saturated rings. The molecule has 1 N–H and O–H groups in total. The number of nitriles is 1. The molecule has 2 aliphatic heterocycles. The molecule has 0 unspecified atom stereocenters. The maximum absolute atomic E-state index is 10.3. The zero-order valence-corrected chi connectivity index (χ0v) is 14.1. The Balaban J connectivity index is 1.73. The highest BCUT2D eigenvalue weighted by Crippen LogP contribution is 2.45. The molecule has 2 aromatic carbocycles. The van der Waals surface area contributed by atoms with Crippen molar-refractivity contribution in [2.75, 3.05) is 11.4 Å². The Morgan fingerprint density at radius 2 is 1.96 bits per heavy atom. The number of nitrogens with one attached hydrogen (secondary N) is 1. The van der Waals surface area contributed by atoms with Crippen LogP contribution in [-0.2, 0) is 11.8 Å². The van der Waals surface area contributed by atoms with E-state index in [-0.39, 0.29) is 6.04 Å². The molecular weight excluding hydrogens is 308 g/mol. The van der Waals surface area contributed by atoms with Gasteiger partial charge in [0, 0.05) is 18.7 Å². The number of imidazole rings is 1. The quantitative estimate of drug-likeness (QED) is 0.736. The molecule has 2 aliphatic rings. The lowest BCUT2D eigenvalue weighted by molar-refractivity contribution is 0.314. The zero-order chi connectivity index (χ0) is 16.9. The molecule has 2 atom stereocenters. The number of anilines is 1. The first kappa shape index (κ1) is 14.5.